The number of rotatable bonds is 4. The van der Waals surface area contributed by atoms with Crippen LogP contribution >= 0.6 is 0 Å². The fourth-order valence-electron chi connectivity index (χ4n) is 6.67. The molecule has 0 aromatic carbocycles. The minimum atomic E-state index is -0.527. The van der Waals surface area contributed by atoms with Gasteiger partial charge in [-0.1, -0.05) is 18.2 Å². The van der Waals surface area contributed by atoms with Gasteiger partial charge in [0.2, 0.25) is 5.91 Å². The van der Waals surface area contributed by atoms with Crippen LogP contribution in [0.25, 0.3) is 0 Å². The van der Waals surface area contributed by atoms with Gasteiger partial charge in [0.05, 0.1) is 6.04 Å². The van der Waals surface area contributed by atoms with Crippen molar-refractivity contribution >= 4 is 11.7 Å². The Balaban J connectivity index is 1.76. The van der Waals surface area contributed by atoms with Crippen LogP contribution in [0.2, 0.25) is 0 Å². The van der Waals surface area contributed by atoms with Gasteiger partial charge in [-0.05, 0) is 75.6 Å². The number of piperidine rings is 1. The molecule has 1 amide bonds. The molecule has 3 bridgehead atoms. The maximum absolute atomic E-state index is 13.7. The lowest BCUT2D eigenvalue weighted by Crippen LogP contribution is -2.61. The predicted molar refractivity (Wildman–Crippen MR) is 124 cm³/mol. The van der Waals surface area contributed by atoms with Gasteiger partial charge in [-0.2, -0.15) is 0 Å². The molecule has 3 aliphatic heterocycles. The number of ketones is 1. The lowest BCUT2D eigenvalue weighted by atomic mass is 9.59. The van der Waals surface area contributed by atoms with E-state index >= 15 is 0 Å². The second kappa shape index (κ2) is 10.0. The number of carbonyl (C=O) groups is 2. The fraction of sp³-hybridized carbons (Fsp3) is 0.692. The number of hydrogen-bond donors (Lipinski definition) is 0. The van der Waals surface area contributed by atoms with Crippen molar-refractivity contribution in [1.82, 2.24) is 9.80 Å². The third kappa shape index (κ3) is 4.13. The van der Waals surface area contributed by atoms with Crippen LogP contribution in [-0.2, 0) is 19.1 Å². The quantitative estimate of drug-likeness (QED) is 0.493. The molecule has 6 nitrogen and oxygen atoms in total. The first kappa shape index (κ1) is 23.4. The molecule has 4 aliphatic rings. The molecule has 1 spiro atoms. The Kier molecular flexibility index (Phi) is 7.33. The molecule has 176 valence electrons. The van der Waals surface area contributed by atoms with Crippen LogP contribution < -0.4 is 0 Å². The van der Waals surface area contributed by atoms with Crippen molar-refractivity contribution in [3.63, 3.8) is 0 Å². The average molecular weight is 443 g/mol. The molecular formula is C26H38N2O4. The van der Waals surface area contributed by atoms with Crippen molar-refractivity contribution in [2.75, 3.05) is 33.9 Å². The molecule has 0 saturated carbocycles. The van der Waals surface area contributed by atoms with E-state index in [2.05, 4.69) is 23.6 Å². The maximum atomic E-state index is 13.7. The van der Waals surface area contributed by atoms with Crippen LogP contribution in [0, 0.1) is 11.3 Å². The smallest absolute Gasteiger partial charge is 0.223 e. The average Bonchev–Trinajstić information content (AvgIpc) is 3.12. The standard InChI is InChI=1S/C26H38N2O4/c1-4-19-17-26-18-27-14-11-9-7-5-6-8-10-12-23(30)28(19)24(26)22(29)16-20(21(26)13-15-27)25(31-2)32-3/h4-6,16,19,21,24-25H,1,7-15,17-18H2,2-3H3/b6-5-/t19-,21-,24-,26-/m0/s1. The van der Waals surface area contributed by atoms with Gasteiger partial charge in [0.25, 0.3) is 0 Å². The van der Waals surface area contributed by atoms with Crippen LogP contribution in [0.1, 0.15) is 51.4 Å². The van der Waals surface area contributed by atoms with Gasteiger partial charge in [0.15, 0.2) is 12.1 Å². The highest BCUT2D eigenvalue weighted by Crippen LogP contribution is 2.56. The molecule has 0 radical (unpaired) electrons. The van der Waals surface area contributed by atoms with Gasteiger partial charge in [-0.15, -0.1) is 6.58 Å². The van der Waals surface area contributed by atoms with Crippen molar-refractivity contribution in [2.45, 2.75) is 69.7 Å². The fourth-order valence-corrected chi connectivity index (χ4v) is 6.67. The van der Waals surface area contributed by atoms with Crippen molar-refractivity contribution in [2.24, 2.45) is 11.3 Å². The normalized spacial score (nSPS) is 37.0. The summed E-state index contributed by atoms with van der Waals surface area (Å²) in [7, 11) is 3.25. The molecular weight excluding hydrogens is 404 g/mol. The monoisotopic (exact) mass is 442 g/mol. The second-order valence-corrected chi connectivity index (χ2v) is 9.77. The van der Waals surface area contributed by atoms with E-state index in [9.17, 15) is 9.59 Å². The Morgan fingerprint density at radius 2 is 1.88 bits per heavy atom. The highest BCUT2D eigenvalue weighted by atomic mass is 16.7. The molecule has 2 fully saturated rings. The minimum Gasteiger partial charge on any atom is -0.352 e. The van der Waals surface area contributed by atoms with Crippen LogP contribution in [0.4, 0.5) is 0 Å². The molecule has 2 saturated heterocycles. The molecule has 0 aromatic heterocycles. The van der Waals surface area contributed by atoms with Gasteiger partial charge >= 0.3 is 0 Å². The number of amides is 1. The van der Waals surface area contributed by atoms with Crippen LogP contribution in [-0.4, -0.2) is 73.7 Å². The number of fused-ring (bicyclic) bond motifs is 1. The van der Waals surface area contributed by atoms with E-state index in [1.165, 1.54) is 6.42 Å². The summed E-state index contributed by atoms with van der Waals surface area (Å²) < 4.78 is 11.2. The van der Waals surface area contributed by atoms with E-state index < -0.39 is 12.3 Å². The first-order chi connectivity index (χ1) is 15.6. The summed E-state index contributed by atoms with van der Waals surface area (Å²) in [5, 5.41) is 0. The van der Waals surface area contributed by atoms with E-state index in [1.807, 2.05) is 11.0 Å². The largest absolute Gasteiger partial charge is 0.352 e. The number of carbonyl (C=O) groups excluding carboxylic acids is 2. The molecule has 5 atom stereocenters. The van der Waals surface area contributed by atoms with E-state index in [0.717, 1.165) is 63.7 Å². The molecule has 0 aromatic rings. The maximum Gasteiger partial charge on any atom is 0.223 e. The summed E-state index contributed by atoms with van der Waals surface area (Å²) in [6, 6.07) is -0.539. The summed E-state index contributed by atoms with van der Waals surface area (Å²) in [5.41, 5.74) is 0.622. The highest BCUT2D eigenvalue weighted by Gasteiger charge is 2.63. The van der Waals surface area contributed by atoms with Crippen LogP contribution in [0.5, 0.6) is 0 Å². The molecule has 4 rings (SSSR count). The third-order valence-electron chi connectivity index (χ3n) is 7.98. The summed E-state index contributed by atoms with van der Waals surface area (Å²) in [5.74, 6) is 0.249. The molecule has 1 aliphatic carbocycles. The van der Waals surface area contributed by atoms with Gasteiger partial charge in [-0.3, -0.25) is 9.59 Å². The van der Waals surface area contributed by atoms with Gasteiger partial charge < -0.3 is 19.3 Å². The van der Waals surface area contributed by atoms with Crippen LogP contribution in [0.15, 0.2) is 36.5 Å². The number of nitrogens with zero attached hydrogens (tertiary/aromatic N) is 2. The Morgan fingerprint density at radius 1 is 1.12 bits per heavy atom. The summed E-state index contributed by atoms with van der Waals surface area (Å²) in [6.07, 6.45) is 14.9. The van der Waals surface area contributed by atoms with Crippen molar-refractivity contribution in [1.29, 1.82) is 0 Å². The van der Waals surface area contributed by atoms with E-state index in [4.69, 9.17) is 9.47 Å². The number of hydrogen-bond acceptors (Lipinski definition) is 5. The molecule has 6 heteroatoms. The zero-order valence-corrected chi connectivity index (χ0v) is 19.6. The SMILES string of the molecule is C=C[C@H]1C[C@@]23CN4CCCC/C=C\CCCC(=O)N1[C@H]2C(=O)C=C(C(OC)OC)[C@@H]3CC4. The Labute approximate surface area is 192 Å². The van der Waals surface area contributed by atoms with E-state index in [0.29, 0.717) is 6.42 Å². The van der Waals surface area contributed by atoms with Gasteiger partial charge in [0, 0.05) is 32.6 Å². The lowest BCUT2D eigenvalue weighted by Gasteiger charge is -2.53. The van der Waals surface area contributed by atoms with Crippen molar-refractivity contribution in [3.05, 3.63) is 36.5 Å². The predicted octanol–water partition coefficient (Wildman–Crippen LogP) is 3.49. The summed E-state index contributed by atoms with van der Waals surface area (Å²) in [6.45, 7) is 6.91. The molecule has 0 N–H and O–H groups in total. The Morgan fingerprint density at radius 3 is 2.59 bits per heavy atom. The van der Waals surface area contributed by atoms with Gasteiger partial charge in [-0.25, -0.2) is 0 Å². The Bertz CT molecular complexity index is 787. The first-order valence-corrected chi connectivity index (χ1v) is 12.2. The van der Waals surface area contributed by atoms with Crippen LogP contribution in [0.3, 0.4) is 0 Å². The van der Waals surface area contributed by atoms with Gasteiger partial charge in [0.1, 0.15) is 6.04 Å². The Hall–Kier alpha value is -1.76. The zero-order valence-electron chi connectivity index (χ0n) is 19.6. The first-order valence-electron chi connectivity index (χ1n) is 12.2. The van der Waals surface area contributed by atoms with E-state index in [1.54, 1.807) is 20.3 Å². The van der Waals surface area contributed by atoms with E-state index in [-0.39, 0.29) is 29.1 Å². The topological polar surface area (TPSA) is 59.1 Å². The number of methoxy groups -OCH3 is 2. The molecule has 3 heterocycles. The zero-order chi connectivity index (χ0) is 22.7. The summed E-state index contributed by atoms with van der Waals surface area (Å²) in [4.78, 5) is 31.5. The highest BCUT2D eigenvalue weighted by molar-refractivity contribution is 6.00. The minimum absolute atomic E-state index is 0.0131. The van der Waals surface area contributed by atoms with Crippen molar-refractivity contribution < 1.29 is 19.1 Å². The molecule has 32 heavy (non-hydrogen) atoms. The lowest BCUT2D eigenvalue weighted by molar-refractivity contribution is -0.144. The second-order valence-electron chi connectivity index (χ2n) is 9.77. The number of ether oxygens (including phenoxy) is 2. The summed E-state index contributed by atoms with van der Waals surface area (Å²) >= 11 is 0. The van der Waals surface area contributed by atoms with Crippen molar-refractivity contribution in [3.8, 4) is 0 Å². The number of allylic oxidation sites excluding steroid dienone is 2. The molecule has 1 unspecified atom stereocenters. The third-order valence-corrected chi connectivity index (χ3v) is 7.98.